The predicted octanol–water partition coefficient (Wildman–Crippen LogP) is 2.40. The molecule has 0 saturated heterocycles. The Morgan fingerprint density at radius 2 is 1.96 bits per heavy atom. The monoisotopic (exact) mass is 331 g/mol. The third-order valence-electron chi connectivity index (χ3n) is 3.51. The Bertz CT molecular complexity index is 561. The van der Waals surface area contributed by atoms with Crippen molar-refractivity contribution >= 4 is 11.9 Å². The van der Waals surface area contributed by atoms with Gasteiger partial charge in [-0.2, -0.15) is 13.2 Å². The molecule has 8 heteroatoms. The van der Waals surface area contributed by atoms with Crippen LogP contribution in [0, 0.1) is 5.92 Å². The van der Waals surface area contributed by atoms with E-state index in [-0.39, 0.29) is 12.5 Å². The molecule has 0 bridgehead atoms. The Labute approximate surface area is 132 Å². The second-order valence-electron chi connectivity index (χ2n) is 5.29. The van der Waals surface area contributed by atoms with Crippen molar-refractivity contribution in [1.82, 2.24) is 10.6 Å². The van der Waals surface area contributed by atoms with Gasteiger partial charge in [-0.3, -0.25) is 4.79 Å². The van der Waals surface area contributed by atoms with E-state index in [1.165, 1.54) is 12.1 Å². The van der Waals surface area contributed by atoms with Crippen LogP contribution in [-0.2, 0) is 17.5 Å². The van der Waals surface area contributed by atoms with Crippen LogP contribution in [-0.4, -0.2) is 18.0 Å². The topological polar surface area (TPSA) is 84.2 Å². The molecule has 0 aliphatic rings. The maximum Gasteiger partial charge on any atom is 0.416 e. The molecule has 1 aromatic carbocycles. The molecule has 0 spiro atoms. The molecule has 3 amide bonds. The highest BCUT2D eigenvalue weighted by Gasteiger charge is 2.30. The summed E-state index contributed by atoms with van der Waals surface area (Å²) in [5.41, 5.74) is 4.58. The summed E-state index contributed by atoms with van der Waals surface area (Å²) in [6.45, 7) is 3.54. The van der Waals surface area contributed by atoms with Crippen LogP contribution in [0.2, 0.25) is 0 Å². The molecular formula is C15H20F3N3O2. The van der Waals surface area contributed by atoms with E-state index in [0.717, 1.165) is 12.1 Å². The van der Waals surface area contributed by atoms with Crippen LogP contribution in [0.3, 0.4) is 0 Å². The number of halogens is 3. The van der Waals surface area contributed by atoms with Gasteiger partial charge in [0.2, 0.25) is 5.91 Å². The Kier molecular flexibility index (Phi) is 6.41. The number of urea groups is 1. The summed E-state index contributed by atoms with van der Waals surface area (Å²) < 4.78 is 37.9. The van der Waals surface area contributed by atoms with Crippen molar-refractivity contribution in [3.8, 4) is 0 Å². The molecule has 0 radical (unpaired) electrons. The molecule has 128 valence electrons. The first-order valence-corrected chi connectivity index (χ1v) is 7.15. The molecule has 1 aromatic rings. The number of nitrogens with two attached hydrogens (primary N) is 1. The normalized spacial score (nSPS) is 14.0. The first-order chi connectivity index (χ1) is 10.6. The van der Waals surface area contributed by atoms with Gasteiger partial charge in [0.25, 0.3) is 0 Å². The van der Waals surface area contributed by atoms with Gasteiger partial charge in [0.05, 0.1) is 5.56 Å². The SMILES string of the molecule is CCC(C)C(NC(N)=O)C(=O)NCc1cccc(C(F)(F)F)c1. The molecule has 2 atom stereocenters. The van der Waals surface area contributed by atoms with E-state index < -0.39 is 29.7 Å². The van der Waals surface area contributed by atoms with E-state index in [1.54, 1.807) is 6.92 Å². The molecule has 0 aliphatic carbocycles. The molecule has 23 heavy (non-hydrogen) atoms. The van der Waals surface area contributed by atoms with E-state index in [2.05, 4.69) is 10.6 Å². The van der Waals surface area contributed by atoms with Crippen LogP contribution in [0.1, 0.15) is 31.4 Å². The van der Waals surface area contributed by atoms with Crippen LogP contribution in [0.5, 0.6) is 0 Å². The van der Waals surface area contributed by atoms with Gasteiger partial charge in [-0.05, 0) is 23.6 Å². The number of carbonyl (C=O) groups is 2. The van der Waals surface area contributed by atoms with Gasteiger partial charge in [0.15, 0.2) is 0 Å². The van der Waals surface area contributed by atoms with E-state index in [9.17, 15) is 22.8 Å². The Morgan fingerprint density at radius 1 is 1.30 bits per heavy atom. The minimum absolute atomic E-state index is 0.0733. The fourth-order valence-corrected chi connectivity index (χ4v) is 2.01. The molecule has 0 heterocycles. The van der Waals surface area contributed by atoms with Crippen molar-refractivity contribution in [2.45, 2.75) is 39.0 Å². The van der Waals surface area contributed by atoms with Crippen molar-refractivity contribution in [2.75, 3.05) is 0 Å². The summed E-state index contributed by atoms with van der Waals surface area (Å²) >= 11 is 0. The first kappa shape index (κ1) is 18.8. The van der Waals surface area contributed by atoms with Gasteiger partial charge in [-0.1, -0.05) is 32.4 Å². The van der Waals surface area contributed by atoms with Gasteiger partial charge < -0.3 is 16.4 Å². The summed E-state index contributed by atoms with van der Waals surface area (Å²) in [6, 6.07) is 3.03. The molecule has 0 aromatic heterocycles. The van der Waals surface area contributed by atoms with Crippen LogP contribution < -0.4 is 16.4 Å². The average molecular weight is 331 g/mol. The standard InChI is InChI=1S/C15H20F3N3O2/c1-3-9(2)12(21-14(19)23)13(22)20-8-10-5-4-6-11(7-10)15(16,17)18/h4-7,9,12H,3,8H2,1-2H3,(H,20,22)(H3,19,21,23). The van der Waals surface area contributed by atoms with Gasteiger partial charge >= 0.3 is 12.2 Å². The Morgan fingerprint density at radius 3 is 2.48 bits per heavy atom. The quantitative estimate of drug-likeness (QED) is 0.748. The lowest BCUT2D eigenvalue weighted by Crippen LogP contribution is -2.51. The van der Waals surface area contributed by atoms with E-state index >= 15 is 0 Å². The largest absolute Gasteiger partial charge is 0.416 e. The Hall–Kier alpha value is -2.25. The molecule has 4 N–H and O–H groups in total. The zero-order chi connectivity index (χ0) is 17.6. The summed E-state index contributed by atoms with van der Waals surface area (Å²) in [4.78, 5) is 23.1. The molecule has 2 unspecified atom stereocenters. The minimum Gasteiger partial charge on any atom is -0.352 e. The lowest BCUT2D eigenvalue weighted by Gasteiger charge is -2.22. The zero-order valence-electron chi connectivity index (χ0n) is 12.9. The number of hydrogen-bond acceptors (Lipinski definition) is 2. The number of amides is 3. The number of rotatable bonds is 6. The van der Waals surface area contributed by atoms with Gasteiger partial charge in [0, 0.05) is 6.54 Å². The highest BCUT2D eigenvalue weighted by atomic mass is 19.4. The van der Waals surface area contributed by atoms with Crippen molar-refractivity contribution in [3.05, 3.63) is 35.4 Å². The number of primary amides is 1. The highest BCUT2D eigenvalue weighted by Crippen LogP contribution is 2.29. The third-order valence-corrected chi connectivity index (χ3v) is 3.51. The zero-order valence-corrected chi connectivity index (χ0v) is 12.9. The van der Waals surface area contributed by atoms with Crippen LogP contribution >= 0.6 is 0 Å². The van der Waals surface area contributed by atoms with E-state index in [4.69, 9.17) is 5.73 Å². The number of nitrogens with one attached hydrogen (secondary N) is 2. The van der Waals surface area contributed by atoms with Crippen LogP contribution in [0.15, 0.2) is 24.3 Å². The molecule has 0 fully saturated rings. The van der Waals surface area contributed by atoms with Crippen molar-refractivity contribution in [1.29, 1.82) is 0 Å². The molecule has 5 nitrogen and oxygen atoms in total. The maximum absolute atomic E-state index is 12.6. The fraction of sp³-hybridized carbons (Fsp3) is 0.467. The molecular weight excluding hydrogens is 311 g/mol. The second kappa shape index (κ2) is 7.85. The van der Waals surface area contributed by atoms with E-state index in [1.807, 2.05) is 6.92 Å². The predicted molar refractivity (Wildman–Crippen MR) is 79.3 cm³/mol. The van der Waals surface area contributed by atoms with Crippen LogP contribution in [0.25, 0.3) is 0 Å². The lowest BCUT2D eigenvalue weighted by molar-refractivity contribution is -0.137. The maximum atomic E-state index is 12.6. The smallest absolute Gasteiger partial charge is 0.352 e. The minimum atomic E-state index is -4.44. The van der Waals surface area contributed by atoms with Crippen molar-refractivity contribution < 1.29 is 22.8 Å². The van der Waals surface area contributed by atoms with Gasteiger partial charge in [0.1, 0.15) is 6.04 Å². The summed E-state index contributed by atoms with van der Waals surface area (Å²) in [7, 11) is 0. The van der Waals surface area contributed by atoms with Gasteiger partial charge in [-0.25, -0.2) is 4.79 Å². The average Bonchev–Trinajstić information content (AvgIpc) is 2.48. The second-order valence-corrected chi connectivity index (χ2v) is 5.29. The fourth-order valence-electron chi connectivity index (χ4n) is 2.01. The third kappa shape index (κ3) is 5.80. The number of hydrogen-bond donors (Lipinski definition) is 3. The highest BCUT2D eigenvalue weighted by molar-refractivity contribution is 5.86. The van der Waals surface area contributed by atoms with Crippen molar-refractivity contribution in [3.63, 3.8) is 0 Å². The van der Waals surface area contributed by atoms with Crippen LogP contribution in [0.4, 0.5) is 18.0 Å². The van der Waals surface area contributed by atoms with Gasteiger partial charge in [-0.15, -0.1) is 0 Å². The Balaban J connectivity index is 2.75. The first-order valence-electron chi connectivity index (χ1n) is 7.15. The summed E-state index contributed by atoms with van der Waals surface area (Å²) in [5, 5.41) is 4.87. The summed E-state index contributed by atoms with van der Waals surface area (Å²) in [6.07, 6.45) is -3.81. The number of benzene rings is 1. The number of alkyl halides is 3. The number of carbonyl (C=O) groups excluding carboxylic acids is 2. The van der Waals surface area contributed by atoms with E-state index in [0.29, 0.717) is 12.0 Å². The molecule has 0 aliphatic heterocycles. The molecule has 1 rings (SSSR count). The van der Waals surface area contributed by atoms with Crippen molar-refractivity contribution in [2.24, 2.45) is 11.7 Å². The summed E-state index contributed by atoms with van der Waals surface area (Å²) in [5.74, 6) is -0.653. The molecule has 0 saturated carbocycles. The lowest BCUT2D eigenvalue weighted by atomic mass is 9.98.